The topological polar surface area (TPSA) is 40.6 Å². The second-order valence-corrected chi connectivity index (χ2v) is 8.54. The van der Waals surface area contributed by atoms with Gasteiger partial charge in [0.15, 0.2) is 0 Å². The summed E-state index contributed by atoms with van der Waals surface area (Å²) in [5.41, 5.74) is 2.00. The molecule has 4 heteroatoms. The quantitative estimate of drug-likeness (QED) is 0.779. The van der Waals surface area contributed by atoms with E-state index in [0.29, 0.717) is 24.9 Å². The molecule has 4 nitrogen and oxygen atoms in total. The minimum atomic E-state index is 0.0489. The summed E-state index contributed by atoms with van der Waals surface area (Å²) in [7, 11) is 1.85. The predicted molar refractivity (Wildman–Crippen MR) is 104 cm³/mol. The van der Waals surface area contributed by atoms with Crippen molar-refractivity contribution in [2.75, 3.05) is 20.1 Å². The van der Waals surface area contributed by atoms with Gasteiger partial charge in [0.1, 0.15) is 0 Å². The fourth-order valence-corrected chi connectivity index (χ4v) is 4.45. The number of amides is 2. The van der Waals surface area contributed by atoms with Crippen molar-refractivity contribution in [1.29, 1.82) is 0 Å². The molecule has 0 N–H and O–H groups in total. The largest absolute Gasteiger partial charge is 0.341 e. The molecule has 1 atom stereocenters. The molecule has 1 aromatic carbocycles. The highest BCUT2D eigenvalue weighted by Gasteiger charge is 2.36. The van der Waals surface area contributed by atoms with E-state index in [1.807, 2.05) is 19.2 Å². The van der Waals surface area contributed by atoms with E-state index in [9.17, 15) is 9.59 Å². The lowest BCUT2D eigenvalue weighted by atomic mass is 10.0. The van der Waals surface area contributed by atoms with Gasteiger partial charge in [-0.1, -0.05) is 38.8 Å². The van der Waals surface area contributed by atoms with E-state index < -0.39 is 0 Å². The summed E-state index contributed by atoms with van der Waals surface area (Å²) in [6.07, 6.45) is 6.40. The molecule has 0 spiro atoms. The smallest absolute Gasteiger partial charge is 0.253 e. The van der Waals surface area contributed by atoms with Gasteiger partial charge in [0.2, 0.25) is 5.91 Å². The van der Waals surface area contributed by atoms with Crippen LogP contribution in [0.15, 0.2) is 24.3 Å². The van der Waals surface area contributed by atoms with Gasteiger partial charge in [0.05, 0.1) is 0 Å². The third-order valence-corrected chi connectivity index (χ3v) is 5.73. The fraction of sp³-hybridized carbons (Fsp3) is 0.636. The van der Waals surface area contributed by atoms with Crippen LogP contribution in [0.1, 0.15) is 61.9 Å². The molecule has 2 amide bonds. The zero-order chi connectivity index (χ0) is 18.7. The number of rotatable bonds is 6. The highest BCUT2D eigenvalue weighted by molar-refractivity contribution is 5.94. The van der Waals surface area contributed by atoms with Crippen LogP contribution in [-0.2, 0) is 11.2 Å². The monoisotopic (exact) mass is 356 g/mol. The summed E-state index contributed by atoms with van der Waals surface area (Å²) in [5.74, 6) is 1.20. The molecule has 142 valence electrons. The zero-order valence-corrected chi connectivity index (χ0v) is 16.4. The lowest BCUT2D eigenvalue weighted by Crippen LogP contribution is -2.36. The molecule has 1 saturated carbocycles. The summed E-state index contributed by atoms with van der Waals surface area (Å²) in [6, 6.07) is 8.42. The van der Waals surface area contributed by atoms with Gasteiger partial charge in [0, 0.05) is 44.1 Å². The number of carbonyl (C=O) groups is 2. The van der Waals surface area contributed by atoms with E-state index in [-0.39, 0.29) is 17.7 Å². The van der Waals surface area contributed by atoms with E-state index in [4.69, 9.17) is 0 Å². The van der Waals surface area contributed by atoms with E-state index in [1.54, 1.807) is 4.90 Å². The van der Waals surface area contributed by atoms with Crippen LogP contribution in [0.2, 0.25) is 0 Å². The van der Waals surface area contributed by atoms with Crippen molar-refractivity contribution in [3.63, 3.8) is 0 Å². The molecule has 0 unspecified atom stereocenters. The number of carbonyl (C=O) groups excluding carboxylic acids is 2. The first-order chi connectivity index (χ1) is 12.4. The van der Waals surface area contributed by atoms with Crippen molar-refractivity contribution in [3.05, 3.63) is 35.4 Å². The van der Waals surface area contributed by atoms with Gasteiger partial charge in [0.25, 0.3) is 5.91 Å². The first-order valence-corrected chi connectivity index (χ1v) is 10.1. The average Bonchev–Trinajstić information content (AvgIpc) is 3.24. The van der Waals surface area contributed by atoms with Gasteiger partial charge in [-0.05, 0) is 42.9 Å². The van der Waals surface area contributed by atoms with Crippen molar-refractivity contribution in [2.24, 2.45) is 11.8 Å². The van der Waals surface area contributed by atoms with Gasteiger partial charge >= 0.3 is 0 Å². The van der Waals surface area contributed by atoms with Crippen LogP contribution in [-0.4, -0.2) is 47.8 Å². The normalized spacial score (nSPS) is 21.0. The third-order valence-electron chi connectivity index (χ3n) is 5.73. The van der Waals surface area contributed by atoms with Gasteiger partial charge in [-0.3, -0.25) is 9.59 Å². The Labute approximate surface area is 157 Å². The van der Waals surface area contributed by atoms with Crippen molar-refractivity contribution >= 4 is 11.8 Å². The molecule has 0 aromatic heterocycles. The Morgan fingerprint density at radius 3 is 2.46 bits per heavy atom. The number of hydrogen-bond donors (Lipinski definition) is 0. The SMILES string of the molecule is CC(C)Cc1ccc(C(=O)N(C)C[C@H]2CC(=O)N(C3CCCC3)C2)cc1. The molecule has 0 bridgehead atoms. The highest BCUT2D eigenvalue weighted by Crippen LogP contribution is 2.29. The van der Waals surface area contributed by atoms with E-state index in [0.717, 1.165) is 31.4 Å². The maximum absolute atomic E-state index is 12.7. The molecule has 2 aliphatic rings. The average molecular weight is 357 g/mol. The third kappa shape index (κ3) is 4.46. The van der Waals surface area contributed by atoms with Crippen LogP contribution < -0.4 is 0 Å². The fourth-order valence-electron chi connectivity index (χ4n) is 4.45. The zero-order valence-electron chi connectivity index (χ0n) is 16.4. The Morgan fingerprint density at radius 1 is 1.19 bits per heavy atom. The molecule has 2 fully saturated rings. The van der Waals surface area contributed by atoms with Gasteiger partial charge in [-0.15, -0.1) is 0 Å². The maximum atomic E-state index is 12.7. The van der Waals surface area contributed by atoms with Gasteiger partial charge in [-0.2, -0.15) is 0 Å². The van der Waals surface area contributed by atoms with Crippen LogP contribution in [0.4, 0.5) is 0 Å². The molecule has 1 saturated heterocycles. The van der Waals surface area contributed by atoms with Gasteiger partial charge in [-0.25, -0.2) is 0 Å². The molecule has 1 aliphatic carbocycles. The van der Waals surface area contributed by atoms with Crippen molar-refractivity contribution in [1.82, 2.24) is 9.80 Å². The predicted octanol–water partition coefficient (Wildman–Crippen LogP) is 3.75. The van der Waals surface area contributed by atoms with E-state index in [1.165, 1.54) is 18.4 Å². The summed E-state index contributed by atoms with van der Waals surface area (Å²) in [5, 5.41) is 0. The summed E-state index contributed by atoms with van der Waals surface area (Å²) in [6.45, 7) is 5.87. The Kier molecular flexibility index (Phi) is 6.00. The van der Waals surface area contributed by atoms with E-state index in [2.05, 4.69) is 30.9 Å². The van der Waals surface area contributed by atoms with Gasteiger partial charge < -0.3 is 9.80 Å². The van der Waals surface area contributed by atoms with Crippen molar-refractivity contribution in [2.45, 2.75) is 58.4 Å². The molecule has 1 aromatic rings. The molecule has 3 rings (SSSR count). The Balaban J connectivity index is 1.55. The minimum absolute atomic E-state index is 0.0489. The van der Waals surface area contributed by atoms with Crippen molar-refractivity contribution < 1.29 is 9.59 Å². The molecule has 26 heavy (non-hydrogen) atoms. The molecule has 1 heterocycles. The van der Waals surface area contributed by atoms with Crippen molar-refractivity contribution in [3.8, 4) is 0 Å². The van der Waals surface area contributed by atoms with Crippen LogP contribution in [0, 0.1) is 11.8 Å². The lowest BCUT2D eigenvalue weighted by molar-refractivity contribution is -0.129. The first kappa shape index (κ1) is 18.9. The van der Waals surface area contributed by atoms with Crippen LogP contribution in [0.5, 0.6) is 0 Å². The second kappa shape index (κ2) is 8.24. The summed E-state index contributed by atoms with van der Waals surface area (Å²) >= 11 is 0. The maximum Gasteiger partial charge on any atom is 0.253 e. The summed E-state index contributed by atoms with van der Waals surface area (Å²) < 4.78 is 0. The molecule has 1 aliphatic heterocycles. The number of hydrogen-bond acceptors (Lipinski definition) is 2. The van der Waals surface area contributed by atoms with Crippen LogP contribution in [0.3, 0.4) is 0 Å². The number of nitrogens with zero attached hydrogens (tertiary/aromatic N) is 2. The Bertz CT molecular complexity index is 632. The minimum Gasteiger partial charge on any atom is -0.341 e. The Morgan fingerprint density at radius 2 is 1.85 bits per heavy atom. The lowest BCUT2D eigenvalue weighted by Gasteiger charge is -2.25. The number of likely N-dealkylation sites (tertiary alicyclic amines) is 1. The highest BCUT2D eigenvalue weighted by atomic mass is 16.2. The molecular weight excluding hydrogens is 324 g/mol. The first-order valence-electron chi connectivity index (χ1n) is 10.1. The van der Waals surface area contributed by atoms with Crippen LogP contribution >= 0.6 is 0 Å². The molecular formula is C22H32N2O2. The van der Waals surface area contributed by atoms with Crippen LogP contribution in [0.25, 0.3) is 0 Å². The Hall–Kier alpha value is -1.84. The summed E-state index contributed by atoms with van der Waals surface area (Å²) in [4.78, 5) is 28.9. The number of benzene rings is 1. The second-order valence-electron chi connectivity index (χ2n) is 8.54. The molecule has 0 radical (unpaired) electrons. The standard InChI is InChI=1S/C22H32N2O2/c1-16(2)12-17-8-10-19(11-9-17)22(26)23(3)14-18-13-21(25)24(15-18)20-6-4-5-7-20/h8-11,16,18,20H,4-7,12-15H2,1-3H3/t18-/m1/s1. The van der Waals surface area contributed by atoms with E-state index >= 15 is 0 Å².